The molecule has 8 nitrogen and oxygen atoms in total. The molecule has 3 heterocycles. The van der Waals surface area contributed by atoms with Crippen molar-refractivity contribution in [1.29, 1.82) is 0 Å². The normalized spacial score (nSPS) is 17.4. The lowest BCUT2D eigenvalue weighted by Gasteiger charge is -2.32. The zero-order valence-corrected chi connectivity index (χ0v) is 19.7. The van der Waals surface area contributed by atoms with Gasteiger partial charge in [0.2, 0.25) is 10.0 Å². The van der Waals surface area contributed by atoms with Gasteiger partial charge in [-0.15, -0.1) is 0 Å². The summed E-state index contributed by atoms with van der Waals surface area (Å²) in [6.45, 7) is 1.29. The molecular weight excluding hydrogens is 472 g/mol. The molecule has 1 aliphatic heterocycles. The van der Waals surface area contributed by atoms with E-state index in [-0.39, 0.29) is 27.5 Å². The molecule has 33 heavy (non-hydrogen) atoms. The first kappa shape index (κ1) is 23.5. The zero-order chi connectivity index (χ0) is 23.8. The molecule has 1 amide bonds. The van der Waals surface area contributed by atoms with Crippen molar-refractivity contribution in [2.45, 2.75) is 50.6 Å². The number of hydrogen-bond donors (Lipinski definition) is 1. The highest BCUT2D eigenvalue weighted by molar-refractivity contribution is 7.89. The number of aryl methyl sites for hydroxylation is 1. The number of amides is 1. The molecule has 0 spiro atoms. The van der Waals surface area contributed by atoms with Crippen LogP contribution in [0.5, 0.6) is 0 Å². The van der Waals surface area contributed by atoms with Crippen LogP contribution in [0.25, 0.3) is 10.7 Å². The number of carbonyl (C=O) groups is 1. The van der Waals surface area contributed by atoms with Gasteiger partial charge in [0.05, 0.1) is 15.5 Å². The van der Waals surface area contributed by atoms with Crippen molar-refractivity contribution in [3.05, 3.63) is 47.9 Å². The van der Waals surface area contributed by atoms with E-state index in [0.717, 1.165) is 35.2 Å². The molecule has 12 heteroatoms. The van der Waals surface area contributed by atoms with E-state index in [1.54, 1.807) is 6.92 Å². The first-order valence-electron chi connectivity index (χ1n) is 10.4. The van der Waals surface area contributed by atoms with Gasteiger partial charge in [-0.05, 0) is 51.0 Å². The van der Waals surface area contributed by atoms with Gasteiger partial charge in [0.25, 0.3) is 5.91 Å². The molecule has 2 aromatic heterocycles. The standard InChI is InChI=1S/C21H23F2N5O3S2/c1-13-5-3-4-11-28(13)33(30,31)16-8-6-15(7-9-16)19(29)26-21-25-14(2)17(32-21)18-24-10-12-27(18)20(22)23/h6-10,12-13,20H,3-5,11H2,1-2H3,(H,25,26,29)/t13-/m1/s1. The van der Waals surface area contributed by atoms with Gasteiger partial charge in [-0.2, -0.15) is 13.1 Å². The molecule has 1 N–H and O–H groups in total. The molecule has 1 aliphatic rings. The number of aromatic nitrogens is 3. The molecule has 1 fully saturated rings. The molecule has 1 aromatic carbocycles. The predicted molar refractivity (Wildman–Crippen MR) is 121 cm³/mol. The van der Waals surface area contributed by atoms with Crippen molar-refractivity contribution < 1.29 is 22.0 Å². The average molecular weight is 496 g/mol. The maximum atomic E-state index is 13.2. The number of alkyl halides is 2. The number of rotatable bonds is 6. The third kappa shape index (κ3) is 4.68. The van der Waals surface area contributed by atoms with Crippen LogP contribution in [0.15, 0.2) is 41.6 Å². The van der Waals surface area contributed by atoms with Crippen LogP contribution in [0.2, 0.25) is 0 Å². The van der Waals surface area contributed by atoms with Crippen LogP contribution in [-0.2, 0) is 10.0 Å². The van der Waals surface area contributed by atoms with Crippen LogP contribution in [0.3, 0.4) is 0 Å². The number of anilines is 1. The number of halogens is 2. The Kier molecular flexibility index (Phi) is 6.59. The lowest BCUT2D eigenvalue weighted by atomic mass is 10.1. The second-order valence-corrected chi connectivity index (χ2v) is 10.7. The summed E-state index contributed by atoms with van der Waals surface area (Å²) in [4.78, 5) is 21.4. The largest absolute Gasteiger partial charge is 0.320 e. The number of imidazole rings is 1. The molecule has 1 atom stereocenters. The molecule has 0 radical (unpaired) electrons. The van der Waals surface area contributed by atoms with Crippen molar-refractivity contribution in [3.63, 3.8) is 0 Å². The van der Waals surface area contributed by atoms with E-state index in [1.165, 1.54) is 41.0 Å². The number of piperidine rings is 1. The Balaban J connectivity index is 1.50. The molecular formula is C21H23F2N5O3S2. The van der Waals surface area contributed by atoms with Gasteiger partial charge < -0.3 is 0 Å². The van der Waals surface area contributed by atoms with Gasteiger partial charge in [0.1, 0.15) is 0 Å². The quantitative estimate of drug-likeness (QED) is 0.542. The maximum Gasteiger partial charge on any atom is 0.320 e. The highest BCUT2D eigenvalue weighted by Gasteiger charge is 2.31. The van der Waals surface area contributed by atoms with Crippen molar-refractivity contribution >= 4 is 32.4 Å². The first-order chi connectivity index (χ1) is 15.7. The summed E-state index contributed by atoms with van der Waals surface area (Å²) in [5, 5.41) is 2.87. The van der Waals surface area contributed by atoms with Gasteiger partial charge in [-0.25, -0.2) is 18.4 Å². The lowest BCUT2D eigenvalue weighted by Crippen LogP contribution is -2.41. The second-order valence-electron chi connectivity index (χ2n) is 7.81. The lowest BCUT2D eigenvalue weighted by molar-refractivity contribution is 0.0720. The topological polar surface area (TPSA) is 97.2 Å². The third-order valence-electron chi connectivity index (χ3n) is 5.56. The number of nitrogens with zero attached hydrogens (tertiary/aromatic N) is 4. The van der Waals surface area contributed by atoms with E-state index in [4.69, 9.17) is 0 Å². The average Bonchev–Trinajstić information content (AvgIpc) is 3.40. The minimum absolute atomic E-state index is 0.0604. The van der Waals surface area contributed by atoms with Crippen molar-refractivity contribution in [1.82, 2.24) is 18.8 Å². The van der Waals surface area contributed by atoms with Crippen LogP contribution >= 0.6 is 11.3 Å². The van der Waals surface area contributed by atoms with Gasteiger partial charge in [0, 0.05) is 30.5 Å². The number of carbonyl (C=O) groups excluding carboxylic acids is 1. The van der Waals surface area contributed by atoms with Gasteiger partial charge in [-0.1, -0.05) is 17.8 Å². The van der Waals surface area contributed by atoms with E-state index < -0.39 is 22.5 Å². The van der Waals surface area contributed by atoms with Crippen LogP contribution in [-0.4, -0.2) is 45.8 Å². The Hall–Kier alpha value is -2.70. The number of benzene rings is 1. The Labute approximate surface area is 194 Å². The summed E-state index contributed by atoms with van der Waals surface area (Å²) in [6, 6.07) is 5.67. The molecule has 4 rings (SSSR count). The highest BCUT2D eigenvalue weighted by Crippen LogP contribution is 2.33. The highest BCUT2D eigenvalue weighted by atomic mass is 32.2. The minimum Gasteiger partial charge on any atom is -0.298 e. The summed E-state index contributed by atoms with van der Waals surface area (Å²) in [5.41, 5.74) is 0.713. The molecule has 0 unspecified atom stereocenters. The van der Waals surface area contributed by atoms with Crippen LogP contribution < -0.4 is 5.32 Å². The number of nitrogens with one attached hydrogen (secondary N) is 1. The fourth-order valence-corrected chi connectivity index (χ4v) is 6.48. The molecule has 0 saturated carbocycles. The molecule has 3 aromatic rings. The van der Waals surface area contributed by atoms with Gasteiger partial charge >= 0.3 is 6.55 Å². The maximum absolute atomic E-state index is 13.2. The van der Waals surface area contributed by atoms with Crippen molar-refractivity contribution in [2.24, 2.45) is 0 Å². The fourth-order valence-electron chi connectivity index (χ4n) is 3.82. The smallest absolute Gasteiger partial charge is 0.298 e. The Morgan fingerprint density at radius 2 is 1.97 bits per heavy atom. The number of sulfonamides is 1. The van der Waals surface area contributed by atoms with Gasteiger partial charge in [0.15, 0.2) is 11.0 Å². The first-order valence-corrected chi connectivity index (χ1v) is 12.7. The Bertz CT molecular complexity index is 1260. The van der Waals surface area contributed by atoms with E-state index in [1.807, 2.05) is 6.92 Å². The molecule has 176 valence electrons. The van der Waals surface area contributed by atoms with Crippen molar-refractivity contribution in [2.75, 3.05) is 11.9 Å². The van der Waals surface area contributed by atoms with E-state index in [2.05, 4.69) is 15.3 Å². The molecule has 1 saturated heterocycles. The predicted octanol–water partition coefficient (Wildman–Crippen LogP) is 4.53. The summed E-state index contributed by atoms with van der Waals surface area (Å²) >= 11 is 1.04. The third-order valence-corrected chi connectivity index (χ3v) is 8.66. The minimum atomic E-state index is -3.63. The monoisotopic (exact) mass is 495 g/mol. The zero-order valence-electron chi connectivity index (χ0n) is 18.0. The molecule has 0 bridgehead atoms. The molecule has 0 aliphatic carbocycles. The summed E-state index contributed by atoms with van der Waals surface area (Å²) < 4.78 is 54.5. The van der Waals surface area contributed by atoms with Crippen LogP contribution in [0.1, 0.15) is 48.8 Å². The summed E-state index contributed by atoms with van der Waals surface area (Å²) in [7, 11) is -3.63. The van der Waals surface area contributed by atoms with Crippen LogP contribution in [0.4, 0.5) is 13.9 Å². The number of hydrogen-bond acceptors (Lipinski definition) is 6. The van der Waals surface area contributed by atoms with E-state index in [0.29, 0.717) is 17.1 Å². The summed E-state index contributed by atoms with van der Waals surface area (Å²) in [6.07, 6.45) is 5.12. The van der Waals surface area contributed by atoms with E-state index >= 15 is 0 Å². The SMILES string of the molecule is Cc1nc(NC(=O)c2ccc(S(=O)(=O)N3CCCC[C@H]3C)cc2)sc1-c1nccn1C(F)F. The van der Waals surface area contributed by atoms with E-state index in [9.17, 15) is 22.0 Å². The Morgan fingerprint density at radius 1 is 1.24 bits per heavy atom. The van der Waals surface area contributed by atoms with Gasteiger partial charge in [-0.3, -0.25) is 14.7 Å². The Morgan fingerprint density at radius 3 is 2.64 bits per heavy atom. The van der Waals surface area contributed by atoms with Crippen molar-refractivity contribution in [3.8, 4) is 10.7 Å². The number of thiazole rings is 1. The van der Waals surface area contributed by atoms with Crippen LogP contribution in [0, 0.1) is 6.92 Å². The second kappa shape index (κ2) is 9.27. The summed E-state index contributed by atoms with van der Waals surface area (Å²) in [5.74, 6) is -0.412. The fraction of sp³-hybridized carbons (Fsp3) is 0.381.